The Labute approximate surface area is 85.7 Å². The molecule has 0 aliphatic rings. The third-order valence-corrected chi connectivity index (χ3v) is 2.16. The molecule has 0 fully saturated rings. The van der Waals surface area contributed by atoms with Crippen LogP contribution in [0.1, 0.15) is 25.6 Å². The summed E-state index contributed by atoms with van der Waals surface area (Å²) in [4.78, 5) is 2.18. The van der Waals surface area contributed by atoms with E-state index < -0.39 is 0 Å². The van der Waals surface area contributed by atoms with Crippen molar-refractivity contribution >= 4 is 0 Å². The summed E-state index contributed by atoms with van der Waals surface area (Å²) in [6.07, 6.45) is 1.78. The molecule has 0 aliphatic heterocycles. The molecule has 0 aliphatic carbocycles. The molecule has 0 spiro atoms. The van der Waals surface area contributed by atoms with E-state index in [1.54, 1.807) is 6.20 Å². The van der Waals surface area contributed by atoms with Gasteiger partial charge in [-0.3, -0.25) is 5.10 Å². The van der Waals surface area contributed by atoms with Crippen LogP contribution in [0.25, 0.3) is 0 Å². The van der Waals surface area contributed by atoms with Crippen molar-refractivity contribution in [3.8, 4) is 0 Å². The highest BCUT2D eigenvalue weighted by Crippen LogP contribution is 2.08. The summed E-state index contributed by atoms with van der Waals surface area (Å²) in [5, 5.41) is 10.4. The van der Waals surface area contributed by atoms with Crippen LogP contribution in [0.5, 0.6) is 0 Å². The van der Waals surface area contributed by atoms with Crippen LogP contribution in [0.15, 0.2) is 12.3 Å². The molecule has 0 amide bonds. The zero-order valence-corrected chi connectivity index (χ0v) is 9.41. The highest BCUT2D eigenvalue weighted by molar-refractivity contribution is 5.03. The number of aromatic amines is 1. The Morgan fingerprint density at radius 1 is 1.50 bits per heavy atom. The molecule has 4 nitrogen and oxygen atoms in total. The van der Waals surface area contributed by atoms with Crippen LogP contribution in [-0.2, 0) is 0 Å². The number of aromatic nitrogens is 2. The molecule has 14 heavy (non-hydrogen) atoms. The lowest BCUT2D eigenvalue weighted by Gasteiger charge is -2.21. The lowest BCUT2D eigenvalue weighted by molar-refractivity contribution is 0.333. The highest BCUT2D eigenvalue weighted by Gasteiger charge is 2.10. The van der Waals surface area contributed by atoms with E-state index in [1.165, 1.54) is 0 Å². The molecule has 1 aromatic rings. The Balaban J connectivity index is 2.37. The van der Waals surface area contributed by atoms with E-state index in [1.807, 2.05) is 6.07 Å². The third kappa shape index (κ3) is 3.47. The standard InChI is InChI=1S/C10H20N4/c1-8(7-14(3)4)12-9(2)10-5-6-11-13-10/h5-6,8-9,12H,7H2,1-4H3,(H,11,13). The molecule has 0 saturated carbocycles. The van der Waals surface area contributed by atoms with Crippen molar-refractivity contribution in [2.24, 2.45) is 0 Å². The number of nitrogens with one attached hydrogen (secondary N) is 2. The van der Waals surface area contributed by atoms with Gasteiger partial charge >= 0.3 is 0 Å². The van der Waals surface area contributed by atoms with Crippen molar-refractivity contribution in [1.82, 2.24) is 20.4 Å². The first-order valence-electron chi connectivity index (χ1n) is 4.99. The molecule has 0 aromatic carbocycles. The minimum Gasteiger partial charge on any atom is -0.308 e. The van der Waals surface area contributed by atoms with Gasteiger partial charge in [0.1, 0.15) is 0 Å². The van der Waals surface area contributed by atoms with Crippen molar-refractivity contribution in [2.45, 2.75) is 25.9 Å². The number of likely N-dealkylation sites (N-methyl/N-ethyl adjacent to an activating group) is 1. The molecule has 1 aromatic heterocycles. The Morgan fingerprint density at radius 3 is 2.71 bits per heavy atom. The van der Waals surface area contributed by atoms with E-state index in [0.29, 0.717) is 12.1 Å². The monoisotopic (exact) mass is 196 g/mol. The van der Waals surface area contributed by atoms with E-state index >= 15 is 0 Å². The smallest absolute Gasteiger partial charge is 0.0518 e. The van der Waals surface area contributed by atoms with Gasteiger partial charge in [0.15, 0.2) is 0 Å². The summed E-state index contributed by atoms with van der Waals surface area (Å²) < 4.78 is 0. The van der Waals surface area contributed by atoms with Crippen LogP contribution in [0.4, 0.5) is 0 Å². The van der Waals surface area contributed by atoms with Crippen LogP contribution in [-0.4, -0.2) is 41.8 Å². The predicted molar refractivity (Wildman–Crippen MR) is 58.2 cm³/mol. The number of hydrogen-bond acceptors (Lipinski definition) is 3. The van der Waals surface area contributed by atoms with E-state index in [4.69, 9.17) is 0 Å². The average molecular weight is 196 g/mol. The SMILES string of the molecule is CC(CN(C)C)NC(C)c1ccn[nH]1. The van der Waals surface area contributed by atoms with E-state index in [2.05, 4.69) is 48.4 Å². The molecule has 2 unspecified atom stereocenters. The average Bonchev–Trinajstić information content (AvgIpc) is 2.53. The van der Waals surface area contributed by atoms with Crippen LogP contribution in [0.3, 0.4) is 0 Å². The summed E-state index contributed by atoms with van der Waals surface area (Å²) in [5.74, 6) is 0. The molecule has 0 radical (unpaired) electrons. The summed E-state index contributed by atoms with van der Waals surface area (Å²) in [7, 11) is 4.16. The fourth-order valence-corrected chi connectivity index (χ4v) is 1.62. The molecule has 2 atom stereocenters. The molecule has 1 heterocycles. The van der Waals surface area contributed by atoms with Gasteiger partial charge in [0.05, 0.1) is 5.69 Å². The Bertz CT molecular complexity index is 243. The number of rotatable bonds is 5. The van der Waals surface area contributed by atoms with Gasteiger partial charge in [0.25, 0.3) is 0 Å². The topological polar surface area (TPSA) is 44.0 Å². The summed E-state index contributed by atoms with van der Waals surface area (Å²) in [6, 6.07) is 2.80. The maximum Gasteiger partial charge on any atom is 0.0518 e. The van der Waals surface area contributed by atoms with Crippen molar-refractivity contribution in [3.63, 3.8) is 0 Å². The Hall–Kier alpha value is -0.870. The zero-order valence-electron chi connectivity index (χ0n) is 9.41. The van der Waals surface area contributed by atoms with E-state index in [0.717, 1.165) is 12.2 Å². The van der Waals surface area contributed by atoms with Crippen LogP contribution in [0.2, 0.25) is 0 Å². The number of H-pyrrole nitrogens is 1. The Morgan fingerprint density at radius 2 is 2.21 bits per heavy atom. The lowest BCUT2D eigenvalue weighted by Crippen LogP contribution is -2.37. The van der Waals surface area contributed by atoms with Gasteiger partial charge in [0.2, 0.25) is 0 Å². The molecule has 0 saturated heterocycles. The summed E-state index contributed by atoms with van der Waals surface area (Å²) in [6.45, 7) is 5.37. The van der Waals surface area contributed by atoms with Crippen LogP contribution >= 0.6 is 0 Å². The second kappa shape index (κ2) is 5.12. The van der Waals surface area contributed by atoms with Gasteiger partial charge < -0.3 is 10.2 Å². The lowest BCUT2D eigenvalue weighted by atomic mass is 10.2. The molecule has 80 valence electrons. The minimum absolute atomic E-state index is 0.326. The highest BCUT2D eigenvalue weighted by atomic mass is 15.1. The fourth-order valence-electron chi connectivity index (χ4n) is 1.62. The first-order valence-corrected chi connectivity index (χ1v) is 4.99. The van der Waals surface area contributed by atoms with Gasteiger partial charge in [-0.05, 0) is 34.0 Å². The van der Waals surface area contributed by atoms with Crippen molar-refractivity contribution < 1.29 is 0 Å². The van der Waals surface area contributed by atoms with Gasteiger partial charge in [-0.2, -0.15) is 5.10 Å². The van der Waals surface area contributed by atoms with Crippen molar-refractivity contribution in [2.75, 3.05) is 20.6 Å². The van der Waals surface area contributed by atoms with Crippen LogP contribution in [0, 0.1) is 0 Å². The quantitative estimate of drug-likeness (QED) is 0.738. The molecule has 1 rings (SSSR count). The van der Waals surface area contributed by atoms with Gasteiger partial charge in [-0.25, -0.2) is 0 Å². The molecular formula is C10H20N4. The van der Waals surface area contributed by atoms with Crippen molar-refractivity contribution in [1.29, 1.82) is 0 Å². The summed E-state index contributed by atoms with van der Waals surface area (Å²) >= 11 is 0. The third-order valence-electron chi connectivity index (χ3n) is 2.16. The van der Waals surface area contributed by atoms with Crippen molar-refractivity contribution in [3.05, 3.63) is 18.0 Å². The van der Waals surface area contributed by atoms with Crippen LogP contribution < -0.4 is 5.32 Å². The normalized spacial score (nSPS) is 15.8. The number of nitrogens with zero attached hydrogens (tertiary/aromatic N) is 2. The first kappa shape index (κ1) is 11.2. The maximum absolute atomic E-state index is 3.94. The second-order valence-electron chi connectivity index (χ2n) is 4.06. The largest absolute Gasteiger partial charge is 0.308 e. The molecule has 0 bridgehead atoms. The van der Waals surface area contributed by atoms with E-state index in [9.17, 15) is 0 Å². The minimum atomic E-state index is 0.326. The first-order chi connectivity index (χ1) is 6.59. The molecule has 2 N–H and O–H groups in total. The van der Waals surface area contributed by atoms with Gasteiger partial charge in [0, 0.05) is 24.8 Å². The second-order valence-corrected chi connectivity index (χ2v) is 4.06. The molecular weight excluding hydrogens is 176 g/mol. The van der Waals surface area contributed by atoms with Gasteiger partial charge in [-0.15, -0.1) is 0 Å². The Kier molecular flexibility index (Phi) is 4.10. The fraction of sp³-hybridized carbons (Fsp3) is 0.700. The summed E-state index contributed by atoms with van der Waals surface area (Å²) in [5.41, 5.74) is 1.13. The van der Waals surface area contributed by atoms with E-state index in [-0.39, 0.29) is 0 Å². The zero-order chi connectivity index (χ0) is 10.6. The maximum atomic E-state index is 3.94. The molecule has 4 heteroatoms. The van der Waals surface area contributed by atoms with Gasteiger partial charge in [-0.1, -0.05) is 0 Å². The predicted octanol–water partition coefficient (Wildman–Crippen LogP) is 1.01. The number of hydrogen-bond donors (Lipinski definition) is 2.